The highest BCUT2D eigenvalue weighted by Crippen LogP contribution is 2.30. The number of rotatable bonds is 6. The number of cyclic esters (lactones) is 1. The molecule has 1 atom stereocenters. The Hall–Kier alpha value is -4.28. The molecular weight excluding hydrogens is 474 g/mol. The lowest BCUT2D eigenvalue weighted by Gasteiger charge is -2.23. The van der Waals surface area contributed by atoms with Crippen LogP contribution in [0.3, 0.4) is 0 Å². The lowest BCUT2D eigenvalue weighted by molar-refractivity contribution is -0.155. The summed E-state index contributed by atoms with van der Waals surface area (Å²) in [5.41, 5.74) is 2.60. The number of hydrogen-bond acceptors (Lipinski definition) is 8. The molecule has 11 heteroatoms. The minimum Gasteiger partial charge on any atom is -0.459 e. The first-order valence-corrected chi connectivity index (χ1v) is 12.1. The van der Waals surface area contributed by atoms with Crippen LogP contribution in [0.2, 0.25) is 0 Å². The topological polar surface area (TPSA) is 117 Å². The van der Waals surface area contributed by atoms with E-state index in [-0.39, 0.29) is 30.6 Å². The fourth-order valence-electron chi connectivity index (χ4n) is 4.20. The molecule has 4 heterocycles. The van der Waals surface area contributed by atoms with E-state index in [2.05, 4.69) is 29.0 Å². The molecule has 11 nitrogen and oxygen atoms in total. The second-order valence-corrected chi connectivity index (χ2v) is 10.3. The summed E-state index contributed by atoms with van der Waals surface area (Å²) in [5, 5.41) is 8.82. The van der Waals surface area contributed by atoms with Crippen LogP contribution in [0.25, 0.3) is 28.2 Å². The summed E-state index contributed by atoms with van der Waals surface area (Å²) in [6.07, 6.45) is 4.66. The van der Waals surface area contributed by atoms with Crippen molar-refractivity contribution >= 4 is 23.5 Å². The van der Waals surface area contributed by atoms with E-state index < -0.39 is 5.60 Å². The number of anilines is 1. The summed E-state index contributed by atoms with van der Waals surface area (Å²) in [6, 6.07) is 9.39. The molecule has 3 aromatic heterocycles. The first kappa shape index (κ1) is 24.4. The molecule has 0 radical (unpaired) electrons. The van der Waals surface area contributed by atoms with Crippen LogP contribution < -0.4 is 4.90 Å². The average molecular weight is 504 g/mol. The van der Waals surface area contributed by atoms with Gasteiger partial charge in [0.05, 0.1) is 12.2 Å². The monoisotopic (exact) mass is 503 g/mol. The number of nitrogens with zero attached hydrogens (tertiary/aromatic N) is 7. The van der Waals surface area contributed by atoms with Gasteiger partial charge in [0, 0.05) is 17.3 Å². The molecule has 0 saturated carbocycles. The predicted molar refractivity (Wildman–Crippen MR) is 136 cm³/mol. The largest absolute Gasteiger partial charge is 0.459 e. The van der Waals surface area contributed by atoms with Gasteiger partial charge in [-0.25, -0.2) is 24.0 Å². The third-order valence-corrected chi connectivity index (χ3v) is 5.98. The highest BCUT2D eigenvalue weighted by molar-refractivity contribution is 5.90. The van der Waals surface area contributed by atoms with E-state index in [1.54, 1.807) is 27.9 Å². The molecule has 1 saturated heterocycles. The second-order valence-electron chi connectivity index (χ2n) is 10.3. The molecule has 1 aliphatic rings. The number of aromatic nitrogens is 6. The summed E-state index contributed by atoms with van der Waals surface area (Å²) in [5.74, 6) is 0.887. The Bertz CT molecular complexity index is 1450. The normalized spacial score (nSPS) is 16.0. The highest BCUT2D eigenvalue weighted by Gasteiger charge is 2.37. The van der Waals surface area contributed by atoms with Crippen molar-refractivity contribution in [2.24, 2.45) is 5.92 Å². The lowest BCUT2D eigenvalue weighted by atomic mass is 10.0. The Balaban J connectivity index is 1.38. The van der Waals surface area contributed by atoms with E-state index in [9.17, 15) is 9.59 Å². The summed E-state index contributed by atoms with van der Waals surface area (Å²) in [4.78, 5) is 35.2. The third-order valence-electron chi connectivity index (χ3n) is 5.98. The van der Waals surface area contributed by atoms with E-state index in [0.29, 0.717) is 23.9 Å². The molecule has 0 bridgehead atoms. The van der Waals surface area contributed by atoms with Gasteiger partial charge in [-0.1, -0.05) is 38.1 Å². The Morgan fingerprint density at radius 3 is 2.59 bits per heavy atom. The first-order chi connectivity index (χ1) is 17.6. The number of esters is 1. The predicted octanol–water partition coefficient (Wildman–Crippen LogP) is 3.98. The first-order valence-electron chi connectivity index (χ1n) is 12.1. The van der Waals surface area contributed by atoms with Crippen molar-refractivity contribution in [2.75, 3.05) is 11.5 Å². The van der Waals surface area contributed by atoms with Gasteiger partial charge in [0.15, 0.2) is 11.5 Å². The Kier molecular flexibility index (Phi) is 6.14. The highest BCUT2D eigenvalue weighted by atomic mass is 16.6. The van der Waals surface area contributed by atoms with Crippen molar-refractivity contribution in [1.29, 1.82) is 0 Å². The van der Waals surface area contributed by atoms with E-state index in [1.165, 1.54) is 11.0 Å². The van der Waals surface area contributed by atoms with Gasteiger partial charge in [-0.3, -0.25) is 9.69 Å². The quantitative estimate of drug-likeness (QED) is 0.363. The zero-order valence-corrected chi connectivity index (χ0v) is 21.5. The van der Waals surface area contributed by atoms with Gasteiger partial charge in [0.2, 0.25) is 0 Å². The van der Waals surface area contributed by atoms with Crippen molar-refractivity contribution < 1.29 is 19.1 Å². The maximum Gasteiger partial charge on any atom is 0.415 e. The zero-order valence-electron chi connectivity index (χ0n) is 21.5. The smallest absolute Gasteiger partial charge is 0.415 e. The second kappa shape index (κ2) is 9.30. The third kappa shape index (κ3) is 5.02. The molecule has 0 aliphatic carbocycles. The number of benzene rings is 1. The van der Waals surface area contributed by atoms with Crippen molar-refractivity contribution in [1.82, 2.24) is 29.4 Å². The van der Waals surface area contributed by atoms with Gasteiger partial charge < -0.3 is 9.47 Å². The minimum absolute atomic E-state index is 0.0129. The van der Waals surface area contributed by atoms with Gasteiger partial charge >= 0.3 is 12.1 Å². The molecule has 1 fully saturated rings. The standard InChI is InChI=1S/C26H29N7O4/c1-16(2)20-14-36-25(35)33(20)21-10-11-32-24(29-21)19(12-28-32)17-6-8-18(9-7-17)23-27-15-31(30-23)13-22(34)37-26(3,4)5/h6-12,15-16,20H,13-14H2,1-5H3/t20-/m1/s1. The van der Waals surface area contributed by atoms with Crippen LogP contribution in [0.15, 0.2) is 49.1 Å². The minimum atomic E-state index is -0.558. The number of fused-ring (bicyclic) bond motifs is 1. The van der Waals surface area contributed by atoms with Crippen LogP contribution in [0.5, 0.6) is 0 Å². The molecule has 4 aromatic rings. The van der Waals surface area contributed by atoms with Gasteiger partial charge in [0.1, 0.15) is 30.9 Å². The van der Waals surface area contributed by atoms with Gasteiger partial charge in [-0.15, -0.1) is 0 Å². The van der Waals surface area contributed by atoms with Crippen LogP contribution in [0.1, 0.15) is 34.6 Å². The van der Waals surface area contributed by atoms with E-state index >= 15 is 0 Å². The Labute approximate surface area is 214 Å². The number of amides is 1. The van der Waals surface area contributed by atoms with Crippen LogP contribution in [0, 0.1) is 5.92 Å². The molecule has 1 aliphatic heterocycles. The average Bonchev–Trinajstić information content (AvgIpc) is 3.56. The molecule has 0 unspecified atom stereocenters. The summed E-state index contributed by atoms with van der Waals surface area (Å²) < 4.78 is 13.8. The number of carbonyl (C=O) groups excluding carboxylic acids is 2. The number of ether oxygens (including phenoxy) is 2. The van der Waals surface area contributed by atoms with E-state index in [0.717, 1.165) is 16.7 Å². The van der Waals surface area contributed by atoms with Crippen molar-refractivity contribution in [3.63, 3.8) is 0 Å². The Morgan fingerprint density at radius 1 is 1.16 bits per heavy atom. The molecule has 1 aromatic carbocycles. The van der Waals surface area contributed by atoms with E-state index in [4.69, 9.17) is 14.5 Å². The molecule has 37 heavy (non-hydrogen) atoms. The van der Waals surface area contributed by atoms with Crippen molar-refractivity contribution in [3.05, 3.63) is 49.1 Å². The van der Waals surface area contributed by atoms with Crippen molar-refractivity contribution in [3.8, 4) is 22.5 Å². The fourth-order valence-corrected chi connectivity index (χ4v) is 4.20. The lowest BCUT2D eigenvalue weighted by Crippen LogP contribution is -2.37. The molecule has 192 valence electrons. The van der Waals surface area contributed by atoms with Gasteiger partial charge in [-0.05, 0) is 38.3 Å². The maximum atomic E-state index is 12.4. The molecular formula is C26H29N7O4. The SMILES string of the molecule is CC(C)[C@H]1COC(=O)N1c1ccn2ncc(-c3ccc(-c4ncn(CC(=O)OC(C)(C)C)n4)cc3)c2n1. The maximum absolute atomic E-state index is 12.4. The van der Waals surface area contributed by atoms with Crippen LogP contribution in [-0.4, -0.2) is 59.7 Å². The molecule has 0 N–H and O–H groups in total. The Morgan fingerprint density at radius 2 is 1.89 bits per heavy atom. The summed E-state index contributed by atoms with van der Waals surface area (Å²) >= 11 is 0. The van der Waals surface area contributed by atoms with E-state index in [1.807, 2.05) is 45.0 Å². The van der Waals surface area contributed by atoms with Crippen LogP contribution in [0.4, 0.5) is 10.6 Å². The number of hydrogen-bond donors (Lipinski definition) is 0. The molecule has 0 spiro atoms. The fraction of sp³-hybridized carbons (Fsp3) is 0.385. The van der Waals surface area contributed by atoms with Crippen molar-refractivity contribution in [2.45, 2.75) is 52.8 Å². The van der Waals surface area contributed by atoms with Crippen LogP contribution in [-0.2, 0) is 20.8 Å². The summed E-state index contributed by atoms with van der Waals surface area (Å²) in [7, 11) is 0. The molecule has 5 rings (SSSR count). The molecule has 1 amide bonds. The van der Waals surface area contributed by atoms with Gasteiger partial charge in [-0.2, -0.15) is 10.2 Å². The zero-order chi connectivity index (χ0) is 26.3. The van der Waals surface area contributed by atoms with Gasteiger partial charge in [0.25, 0.3) is 0 Å². The summed E-state index contributed by atoms with van der Waals surface area (Å²) in [6.45, 7) is 9.91. The van der Waals surface area contributed by atoms with Crippen LogP contribution >= 0.6 is 0 Å². The number of carbonyl (C=O) groups is 2.